The van der Waals surface area contributed by atoms with Gasteiger partial charge in [-0.2, -0.15) is 18.3 Å². The lowest BCUT2D eigenvalue weighted by molar-refractivity contribution is -0.192. The largest absolute Gasteiger partial charge is 0.497 e. The molecule has 0 aliphatic rings. The number of carbonyl (C=O) groups is 2. The van der Waals surface area contributed by atoms with Gasteiger partial charge in [0, 0.05) is 23.5 Å². The van der Waals surface area contributed by atoms with Gasteiger partial charge in [0.05, 0.1) is 13.3 Å². The molecule has 0 unspecified atom stereocenters. The van der Waals surface area contributed by atoms with Gasteiger partial charge in [0.15, 0.2) is 0 Å². The highest BCUT2D eigenvalue weighted by Gasteiger charge is 2.38. The normalized spacial score (nSPS) is 10.5. The second-order valence-electron chi connectivity index (χ2n) is 6.45. The molecule has 0 spiro atoms. The fourth-order valence-corrected chi connectivity index (χ4v) is 2.51. The highest BCUT2D eigenvalue weighted by Crippen LogP contribution is 2.23. The molecule has 0 fully saturated rings. The molecular weight excluding hydrogens is 429 g/mol. The minimum absolute atomic E-state index is 0.255. The summed E-state index contributed by atoms with van der Waals surface area (Å²) in [7, 11) is 1.62. The maximum atomic E-state index is 12.0. The Morgan fingerprint density at radius 1 is 1.16 bits per heavy atom. The van der Waals surface area contributed by atoms with E-state index in [9.17, 15) is 18.0 Å². The zero-order chi connectivity index (χ0) is 23.7. The average molecular weight is 450 g/mol. The number of carboxylic acid groups (broad SMARTS) is 1. The first kappa shape index (κ1) is 24.3. The molecule has 3 rings (SSSR count). The number of amides is 2. The summed E-state index contributed by atoms with van der Waals surface area (Å²) in [6.45, 7) is 2.40. The minimum atomic E-state index is -5.08. The molecule has 2 aromatic carbocycles. The Kier molecular flexibility index (Phi) is 8.22. The Balaban J connectivity index is 0.000000451. The number of H-pyrrole nitrogens is 1. The Morgan fingerprint density at radius 3 is 2.34 bits per heavy atom. The fourth-order valence-electron chi connectivity index (χ4n) is 2.51. The number of rotatable bonds is 5. The van der Waals surface area contributed by atoms with Crippen LogP contribution >= 0.6 is 0 Å². The third kappa shape index (κ3) is 7.35. The smallest absolute Gasteiger partial charge is 0.490 e. The number of aromatic nitrogens is 2. The second kappa shape index (κ2) is 10.8. The number of halogens is 3. The maximum absolute atomic E-state index is 12.0. The lowest BCUT2D eigenvalue weighted by Crippen LogP contribution is -2.28. The molecule has 1 aromatic heterocycles. The molecule has 0 aliphatic heterocycles. The molecule has 8 nitrogen and oxygen atoms in total. The van der Waals surface area contributed by atoms with Crippen LogP contribution in [0.5, 0.6) is 5.75 Å². The van der Waals surface area contributed by atoms with Crippen LogP contribution in [0.2, 0.25) is 0 Å². The molecule has 3 aromatic rings. The van der Waals surface area contributed by atoms with Gasteiger partial charge in [-0.1, -0.05) is 24.3 Å². The van der Waals surface area contributed by atoms with E-state index in [1.807, 2.05) is 55.5 Å². The molecule has 170 valence electrons. The van der Waals surface area contributed by atoms with Crippen LogP contribution in [0.15, 0.2) is 54.7 Å². The Hall–Kier alpha value is -4.02. The van der Waals surface area contributed by atoms with Crippen LogP contribution in [-0.2, 0) is 11.3 Å². The zero-order valence-electron chi connectivity index (χ0n) is 17.2. The third-order valence-electron chi connectivity index (χ3n) is 4.11. The van der Waals surface area contributed by atoms with Crippen LogP contribution < -0.4 is 15.4 Å². The van der Waals surface area contributed by atoms with Crippen molar-refractivity contribution in [3.8, 4) is 16.9 Å². The predicted octanol–water partition coefficient (Wildman–Crippen LogP) is 4.35. The molecule has 0 saturated carbocycles. The van der Waals surface area contributed by atoms with Gasteiger partial charge in [0.2, 0.25) is 0 Å². The number of hydrogen-bond acceptors (Lipinski definition) is 4. The maximum Gasteiger partial charge on any atom is 0.490 e. The molecule has 0 saturated heterocycles. The van der Waals surface area contributed by atoms with Gasteiger partial charge in [-0.15, -0.1) is 0 Å². The van der Waals surface area contributed by atoms with Crippen LogP contribution in [0.3, 0.4) is 0 Å². The zero-order valence-corrected chi connectivity index (χ0v) is 17.2. The first-order valence-corrected chi connectivity index (χ1v) is 9.18. The number of aryl methyl sites for hydroxylation is 1. The van der Waals surface area contributed by atoms with Crippen molar-refractivity contribution in [2.45, 2.75) is 19.6 Å². The highest BCUT2D eigenvalue weighted by atomic mass is 19.4. The van der Waals surface area contributed by atoms with Crippen LogP contribution in [0, 0.1) is 6.92 Å². The van der Waals surface area contributed by atoms with Crippen molar-refractivity contribution in [3.63, 3.8) is 0 Å². The molecule has 4 N–H and O–H groups in total. The summed E-state index contributed by atoms with van der Waals surface area (Å²) in [4.78, 5) is 20.9. The van der Waals surface area contributed by atoms with E-state index in [2.05, 4.69) is 20.8 Å². The van der Waals surface area contributed by atoms with Crippen molar-refractivity contribution in [2.75, 3.05) is 12.4 Å². The molecular formula is C21H21F3N4O4. The first-order chi connectivity index (χ1) is 15.1. The van der Waals surface area contributed by atoms with E-state index in [0.717, 1.165) is 33.8 Å². The Bertz CT molecular complexity index is 1050. The Morgan fingerprint density at radius 2 is 1.81 bits per heavy atom. The number of alkyl halides is 3. The summed E-state index contributed by atoms with van der Waals surface area (Å²) < 4.78 is 36.9. The number of aromatic amines is 1. The number of urea groups is 1. The van der Waals surface area contributed by atoms with Crippen LogP contribution in [0.1, 0.15) is 11.3 Å². The lowest BCUT2D eigenvalue weighted by atomic mass is 10.1. The van der Waals surface area contributed by atoms with Gasteiger partial charge in [0.1, 0.15) is 5.75 Å². The van der Waals surface area contributed by atoms with Gasteiger partial charge >= 0.3 is 18.2 Å². The van der Waals surface area contributed by atoms with Crippen LogP contribution in [0.25, 0.3) is 11.1 Å². The predicted molar refractivity (Wildman–Crippen MR) is 111 cm³/mol. The number of anilines is 1. The minimum Gasteiger partial charge on any atom is -0.497 e. The molecule has 11 heteroatoms. The van der Waals surface area contributed by atoms with Crippen molar-refractivity contribution >= 4 is 17.7 Å². The van der Waals surface area contributed by atoms with E-state index in [-0.39, 0.29) is 6.03 Å². The monoisotopic (exact) mass is 450 g/mol. The number of hydrogen-bond donors (Lipinski definition) is 4. The number of carboxylic acids is 1. The van der Waals surface area contributed by atoms with Gasteiger partial charge in [-0.05, 0) is 42.3 Å². The van der Waals surface area contributed by atoms with Gasteiger partial charge in [-0.3, -0.25) is 5.10 Å². The van der Waals surface area contributed by atoms with Gasteiger partial charge < -0.3 is 20.5 Å². The van der Waals surface area contributed by atoms with Crippen molar-refractivity contribution in [3.05, 3.63) is 66.0 Å². The highest BCUT2D eigenvalue weighted by molar-refractivity contribution is 5.89. The van der Waals surface area contributed by atoms with E-state index in [4.69, 9.17) is 14.6 Å². The summed E-state index contributed by atoms with van der Waals surface area (Å²) in [6.07, 6.45) is -3.29. The molecule has 1 heterocycles. The van der Waals surface area contributed by atoms with Crippen molar-refractivity contribution < 1.29 is 32.6 Å². The molecule has 2 amide bonds. The number of nitrogens with one attached hydrogen (secondary N) is 3. The first-order valence-electron chi connectivity index (χ1n) is 9.18. The quantitative estimate of drug-likeness (QED) is 0.461. The summed E-state index contributed by atoms with van der Waals surface area (Å²) in [6, 6.07) is 15.0. The van der Waals surface area contributed by atoms with E-state index < -0.39 is 12.1 Å². The summed E-state index contributed by atoms with van der Waals surface area (Å²) in [5.74, 6) is -1.99. The summed E-state index contributed by atoms with van der Waals surface area (Å²) in [5, 5.41) is 19.7. The third-order valence-corrected chi connectivity index (χ3v) is 4.11. The molecule has 0 radical (unpaired) electrons. The van der Waals surface area contributed by atoms with E-state index in [1.165, 1.54) is 0 Å². The number of ether oxygens (including phenoxy) is 1. The van der Waals surface area contributed by atoms with Gasteiger partial charge in [0.25, 0.3) is 0 Å². The topological polar surface area (TPSA) is 116 Å². The lowest BCUT2D eigenvalue weighted by Gasteiger charge is -2.09. The van der Waals surface area contributed by atoms with Crippen molar-refractivity contribution in [1.29, 1.82) is 0 Å². The molecule has 0 atom stereocenters. The van der Waals surface area contributed by atoms with E-state index >= 15 is 0 Å². The number of carbonyl (C=O) groups excluding carboxylic acids is 1. The fraction of sp³-hybridized carbons (Fsp3) is 0.190. The van der Waals surface area contributed by atoms with Crippen LogP contribution in [-0.4, -0.2) is 40.6 Å². The molecule has 0 bridgehead atoms. The number of benzene rings is 2. The molecule has 0 aliphatic carbocycles. The van der Waals surface area contributed by atoms with Crippen LogP contribution in [0.4, 0.5) is 23.7 Å². The van der Waals surface area contributed by atoms with Gasteiger partial charge in [-0.25, -0.2) is 9.59 Å². The number of nitrogens with zero attached hydrogens (tertiary/aromatic N) is 1. The SMILES string of the molecule is COc1cccc(CNC(=O)Nc2ccc(-c3cn[nH]c3C)cc2)c1.O=C(O)C(F)(F)F. The molecule has 32 heavy (non-hydrogen) atoms. The Labute approximate surface area is 181 Å². The summed E-state index contributed by atoms with van der Waals surface area (Å²) in [5.41, 5.74) is 4.81. The number of methoxy groups -OCH3 is 1. The van der Waals surface area contributed by atoms with Crippen molar-refractivity contribution in [1.82, 2.24) is 15.5 Å². The summed E-state index contributed by atoms with van der Waals surface area (Å²) >= 11 is 0. The standard InChI is InChI=1S/C19H20N4O2.C2HF3O2/c1-13-18(12-21-23-13)15-6-8-16(9-7-15)22-19(24)20-11-14-4-3-5-17(10-14)25-2;3-2(4,5)1(6)7/h3-10,12H,11H2,1-2H3,(H,21,23)(H2,20,22,24);(H,6,7). The van der Waals surface area contributed by atoms with E-state index in [0.29, 0.717) is 6.54 Å². The van der Waals surface area contributed by atoms with E-state index in [1.54, 1.807) is 13.3 Å². The average Bonchev–Trinajstić information content (AvgIpc) is 3.18. The number of aliphatic carboxylic acids is 1. The van der Waals surface area contributed by atoms with Crippen molar-refractivity contribution in [2.24, 2.45) is 0 Å². The second-order valence-corrected chi connectivity index (χ2v) is 6.45.